The van der Waals surface area contributed by atoms with Gasteiger partial charge in [-0.05, 0) is 23.3 Å². The predicted molar refractivity (Wildman–Crippen MR) is 135 cm³/mol. The number of anilines is 2. The van der Waals surface area contributed by atoms with E-state index in [1.807, 2.05) is 109 Å². The molecule has 4 aromatic rings. The van der Waals surface area contributed by atoms with Crippen LogP contribution >= 0.6 is 0 Å². The Bertz CT molecular complexity index is 1330. The fraction of sp³-hybridized carbons (Fsp3) is 0.0667. The van der Waals surface area contributed by atoms with Gasteiger partial charge < -0.3 is 9.80 Å². The normalized spacial score (nSPS) is 16.7. The Morgan fingerprint density at radius 1 is 0.441 bits per heavy atom. The lowest BCUT2D eigenvalue weighted by molar-refractivity contribution is -0.114. The van der Waals surface area contributed by atoms with Crippen molar-refractivity contribution in [2.75, 3.05) is 9.80 Å². The van der Waals surface area contributed by atoms with Crippen molar-refractivity contribution < 1.29 is 9.59 Å². The number of fused-ring (bicyclic) bond motifs is 2. The highest BCUT2D eigenvalue weighted by molar-refractivity contribution is 6.49. The Morgan fingerprint density at radius 3 is 1.21 bits per heavy atom. The van der Waals surface area contributed by atoms with E-state index in [4.69, 9.17) is 0 Å². The third-order valence-corrected chi connectivity index (χ3v) is 6.46. The Balaban J connectivity index is 1.49. The zero-order valence-corrected chi connectivity index (χ0v) is 18.5. The number of nitrogens with zero attached hydrogens (tertiary/aromatic N) is 2. The van der Waals surface area contributed by atoms with Crippen LogP contribution in [0, 0.1) is 0 Å². The molecule has 0 radical (unpaired) electrons. The van der Waals surface area contributed by atoms with Crippen LogP contribution in [-0.4, -0.2) is 11.8 Å². The molecule has 2 aliphatic heterocycles. The number of carbonyl (C=O) groups excluding carboxylic acids is 2. The Morgan fingerprint density at radius 2 is 0.794 bits per heavy atom. The maximum absolute atomic E-state index is 13.9. The lowest BCUT2D eigenvalue weighted by atomic mass is 9.96. The highest BCUT2D eigenvalue weighted by atomic mass is 16.2. The van der Waals surface area contributed by atoms with Gasteiger partial charge in [0.2, 0.25) is 0 Å². The highest BCUT2D eigenvalue weighted by Crippen LogP contribution is 2.47. The Labute approximate surface area is 198 Å². The minimum atomic E-state index is -0.134. The molecule has 2 amide bonds. The third kappa shape index (κ3) is 3.23. The van der Waals surface area contributed by atoms with Crippen LogP contribution in [0.25, 0.3) is 11.1 Å². The predicted octanol–water partition coefficient (Wildman–Crippen LogP) is 5.69. The summed E-state index contributed by atoms with van der Waals surface area (Å²) in [6, 6.07) is 35.4. The van der Waals surface area contributed by atoms with E-state index in [1.54, 1.807) is 9.80 Å². The second-order valence-electron chi connectivity index (χ2n) is 8.54. The molecule has 34 heavy (non-hydrogen) atoms. The van der Waals surface area contributed by atoms with Crippen LogP contribution in [0.1, 0.15) is 22.3 Å². The average molecular weight is 443 g/mol. The van der Waals surface area contributed by atoms with Crippen molar-refractivity contribution in [3.63, 3.8) is 0 Å². The van der Waals surface area contributed by atoms with Crippen molar-refractivity contribution in [3.8, 4) is 0 Å². The second kappa shape index (κ2) is 8.16. The van der Waals surface area contributed by atoms with Crippen LogP contribution in [0.3, 0.4) is 0 Å². The number of rotatable bonds is 4. The topological polar surface area (TPSA) is 40.6 Å². The van der Waals surface area contributed by atoms with Gasteiger partial charge in [-0.25, -0.2) is 0 Å². The largest absolute Gasteiger partial charge is 0.303 e. The van der Waals surface area contributed by atoms with Crippen LogP contribution in [0.15, 0.2) is 109 Å². The van der Waals surface area contributed by atoms with Crippen LogP contribution in [-0.2, 0) is 22.7 Å². The van der Waals surface area contributed by atoms with E-state index in [0.29, 0.717) is 24.2 Å². The maximum atomic E-state index is 13.9. The highest BCUT2D eigenvalue weighted by Gasteiger charge is 2.41. The van der Waals surface area contributed by atoms with E-state index in [2.05, 4.69) is 0 Å². The van der Waals surface area contributed by atoms with Gasteiger partial charge in [0, 0.05) is 11.1 Å². The molecule has 0 aliphatic carbocycles. The van der Waals surface area contributed by atoms with Gasteiger partial charge in [-0.3, -0.25) is 9.59 Å². The van der Waals surface area contributed by atoms with Crippen molar-refractivity contribution in [1.29, 1.82) is 0 Å². The first-order chi connectivity index (χ1) is 16.7. The van der Waals surface area contributed by atoms with E-state index >= 15 is 0 Å². The van der Waals surface area contributed by atoms with Crippen LogP contribution in [0.2, 0.25) is 0 Å². The summed E-state index contributed by atoms with van der Waals surface area (Å²) in [6.07, 6.45) is 0. The molecule has 2 aliphatic rings. The molecule has 0 unspecified atom stereocenters. The summed E-state index contributed by atoms with van der Waals surface area (Å²) in [5.74, 6) is -0.269. The van der Waals surface area contributed by atoms with Crippen LogP contribution in [0.4, 0.5) is 11.4 Å². The molecule has 0 bridgehead atoms. The average Bonchev–Trinajstić information content (AvgIpc) is 3.31. The summed E-state index contributed by atoms with van der Waals surface area (Å²) in [4.78, 5) is 31.3. The fourth-order valence-corrected chi connectivity index (χ4v) is 4.89. The summed E-state index contributed by atoms with van der Waals surface area (Å²) in [6.45, 7) is 0.911. The molecule has 0 aromatic heterocycles. The van der Waals surface area contributed by atoms with E-state index in [0.717, 1.165) is 33.6 Å². The van der Waals surface area contributed by atoms with E-state index in [9.17, 15) is 9.59 Å². The van der Waals surface area contributed by atoms with Crippen LogP contribution in [0.5, 0.6) is 0 Å². The zero-order valence-electron chi connectivity index (χ0n) is 18.5. The number of hydrogen-bond donors (Lipinski definition) is 0. The lowest BCUT2D eigenvalue weighted by Gasteiger charge is -2.17. The van der Waals surface area contributed by atoms with Crippen molar-refractivity contribution in [2.45, 2.75) is 13.1 Å². The van der Waals surface area contributed by atoms with Crippen molar-refractivity contribution in [2.24, 2.45) is 0 Å². The Hall–Kier alpha value is -4.44. The standard InChI is InChI=1S/C30H22N2O2/c33-29-27(23-15-7-9-17-25(23)31(29)19-21-11-3-1-4-12-21)28-24-16-8-10-18-26(24)32(30(28)34)20-22-13-5-2-6-14-22/h1-18H,19-20H2/b28-27+. The van der Waals surface area contributed by atoms with Gasteiger partial charge in [-0.15, -0.1) is 0 Å². The first kappa shape index (κ1) is 20.2. The molecule has 4 aromatic carbocycles. The summed E-state index contributed by atoms with van der Waals surface area (Å²) in [5.41, 5.74) is 6.35. The number of carbonyl (C=O) groups is 2. The molecule has 0 atom stereocenters. The van der Waals surface area contributed by atoms with Crippen molar-refractivity contribution in [1.82, 2.24) is 0 Å². The van der Waals surface area contributed by atoms with Gasteiger partial charge in [0.25, 0.3) is 11.8 Å². The van der Waals surface area contributed by atoms with Gasteiger partial charge in [0.05, 0.1) is 35.6 Å². The summed E-state index contributed by atoms with van der Waals surface area (Å²) >= 11 is 0. The maximum Gasteiger partial charge on any atom is 0.260 e. The molecule has 4 nitrogen and oxygen atoms in total. The second-order valence-corrected chi connectivity index (χ2v) is 8.54. The van der Waals surface area contributed by atoms with Crippen LogP contribution < -0.4 is 9.80 Å². The molecule has 164 valence electrons. The van der Waals surface area contributed by atoms with Crippen molar-refractivity contribution >= 4 is 34.3 Å². The lowest BCUT2D eigenvalue weighted by Crippen LogP contribution is -2.28. The minimum absolute atomic E-state index is 0.134. The molecular weight excluding hydrogens is 420 g/mol. The van der Waals surface area contributed by atoms with Gasteiger partial charge >= 0.3 is 0 Å². The number of amides is 2. The van der Waals surface area contributed by atoms with Gasteiger partial charge in [0.15, 0.2) is 0 Å². The van der Waals surface area contributed by atoms with Gasteiger partial charge in [-0.2, -0.15) is 0 Å². The third-order valence-electron chi connectivity index (χ3n) is 6.46. The molecule has 0 saturated carbocycles. The zero-order chi connectivity index (χ0) is 23.1. The summed E-state index contributed by atoms with van der Waals surface area (Å²) in [5, 5.41) is 0. The van der Waals surface area contributed by atoms with E-state index in [1.165, 1.54) is 0 Å². The number of hydrogen-bond acceptors (Lipinski definition) is 2. The number of benzene rings is 4. The smallest absolute Gasteiger partial charge is 0.260 e. The van der Waals surface area contributed by atoms with Gasteiger partial charge in [0.1, 0.15) is 0 Å². The molecule has 2 heterocycles. The monoisotopic (exact) mass is 442 g/mol. The first-order valence-electron chi connectivity index (χ1n) is 11.4. The molecule has 0 spiro atoms. The molecule has 6 rings (SSSR count). The van der Waals surface area contributed by atoms with E-state index in [-0.39, 0.29) is 11.8 Å². The Kier molecular flexibility index (Phi) is 4.84. The molecule has 0 fully saturated rings. The molecule has 0 saturated heterocycles. The van der Waals surface area contributed by atoms with Crippen molar-refractivity contribution in [3.05, 3.63) is 131 Å². The number of para-hydroxylation sites is 2. The SMILES string of the molecule is O=C1/C(=C2/C(=O)N(Cc3ccccc3)c3ccccc32)c2ccccc2N1Cc1ccccc1. The summed E-state index contributed by atoms with van der Waals surface area (Å²) < 4.78 is 0. The minimum Gasteiger partial charge on any atom is -0.303 e. The summed E-state index contributed by atoms with van der Waals surface area (Å²) in [7, 11) is 0. The first-order valence-corrected chi connectivity index (χ1v) is 11.4. The molecular formula is C30H22N2O2. The molecule has 4 heteroatoms. The van der Waals surface area contributed by atoms with E-state index < -0.39 is 0 Å². The fourth-order valence-electron chi connectivity index (χ4n) is 4.89. The van der Waals surface area contributed by atoms with Gasteiger partial charge in [-0.1, -0.05) is 97.1 Å². The quantitative estimate of drug-likeness (QED) is 0.381. The molecule has 0 N–H and O–H groups in total.